The molecular weight excluding hydrogens is 573 g/mol. The lowest BCUT2D eigenvalue weighted by Crippen LogP contribution is -2.52. The van der Waals surface area contributed by atoms with E-state index >= 15 is 0 Å². The fourth-order valence-corrected chi connectivity index (χ4v) is 5.13. The Kier molecular flexibility index (Phi) is 9.36. The topological polar surface area (TPSA) is 88.1 Å². The number of hydrogen-bond donors (Lipinski definition) is 0. The molecule has 5 rings (SSSR count). The van der Waals surface area contributed by atoms with Crippen molar-refractivity contribution in [3.8, 4) is 22.8 Å². The molecule has 222 valence electrons. The van der Waals surface area contributed by atoms with Gasteiger partial charge in [-0.3, -0.25) is 9.59 Å². The highest BCUT2D eigenvalue weighted by Gasteiger charge is 2.27. The highest BCUT2D eigenvalue weighted by molar-refractivity contribution is 6.33. The molecule has 0 bridgehead atoms. The van der Waals surface area contributed by atoms with Gasteiger partial charge in [0.15, 0.2) is 5.82 Å². The van der Waals surface area contributed by atoms with Gasteiger partial charge in [-0.2, -0.15) is 0 Å². The maximum atomic E-state index is 13.5. The summed E-state index contributed by atoms with van der Waals surface area (Å²) in [5.41, 5.74) is 2.47. The van der Waals surface area contributed by atoms with E-state index in [-0.39, 0.29) is 30.7 Å². The van der Waals surface area contributed by atoms with Gasteiger partial charge in [0.1, 0.15) is 23.9 Å². The second-order valence-electron chi connectivity index (χ2n) is 9.98. The van der Waals surface area contributed by atoms with Crippen LogP contribution in [0.3, 0.4) is 0 Å². The maximum absolute atomic E-state index is 13.5. The standard InChI is InChI=1S/C32H31ClFN5O4/c1-42-24-11-12-26(29(19-24)43-2)28-13-14-30(36-35-28)37-15-17-38(18-16-37)31(40)21-39(20-22-7-9-23(34)10-8-22)32(41)25-5-3-4-6-27(25)33/h3-14,19H,15-18,20-21H2,1-2H3. The van der Waals surface area contributed by atoms with Crippen LogP contribution in [0.5, 0.6) is 11.5 Å². The molecule has 4 aromatic rings. The second-order valence-corrected chi connectivity index (χ2v) is 10.4. The van der Waals surface area contributed by atoms with Crippen LogP contribution in [0.1, 0.15) is 15.9 Å². The summed E-state index contributed by atoms with van der Waals surface area (Å²) in [7, 11) is 3.19. The Balaban J connectivity index is 1.24. The predicted octanol–water partition coefficient (Wildman–Crippen LogP) is 4.94. The van der Waals surface area contributed by atoms with Gasteiger partial charge in [-0.25, -0.2) is 4.39 Å². The number of carbonyl (C=O) groups is 2. The minimum Gasteiger partial charge on any atom is -0.497 e. The number of hydrogen-bond acceptors (Lipinski definition) is 7. The van der Waals surface area contributed by atoms with Crippen molar-refractivity contribution in [2.24, 2.45) is 0 Å². The molecule has 1 aromatic heterocycles. The van der Waals surface area contributed by atoms with Gasteiger partial charge < -0.3 is 24.2 Å². The van der Waals surface area contributed by atoms with Crippen molar-refractivity contribution in [3.05, 3.63) is 101 Å². The van der Waals surface area contributed by atoms with E-state index < -0.39 is 0 Å². The van der Waals surface area contributed by atoms with E-state index in [0.29, 0.717) is 65.3 Å². The van der Waals surface area contributed by atoms with Crippen molar-refractivity contribution < 1.29 is 23.5 Å². The van der Waals surface area contributed by atoms with Crippen molar-refractivity contribution in [2.45, 2.75) is 6.54 Å². The monoisotopic (exact) mass is 603 g/mol. The van der Waals surface area contributed by atoms with Crippen molar-refractivity contribution in [2.75, 3.05) is 51.8 Å². The van der Waals surface area contributed by atoms with E-state index in [1.165, 1.54) is 17.0 Å². The van der Waals surface area contributed by atoms with Crippen LogP contribution in [0.25, 0.3) is 11.3 Å². The van der Waals surface area contributed by atoms with Crippen LogP contribution in [-0.2, 0) is 11.3 Å². The first kappa shape index (κ1) is 29.8. The minimum atomic E-state index is -0.374. The first-order chi connectivity index (χ1) is 20.9. The van der Waals surface area contributed by atoms with E-state index in [9.17, 15) is 14.0 Å². The number of carbonyl (C=O) groups excluding carboxylic acids is 2. The van der Waals surface area contributed by atoms with Crippen molar-refractivity contribution in [1.29, 1.82) is 0 Å². The largest absolute Gasteiger partial charge is 0.497 e. The smallest absolute Gasteiger partial charge is 0.256 e. The number of halogens is 2. The number of aromatic nitrogens is 2. The van der Waals surface area contributed by atoms with E-state index in [4.69, 9.17) is 21.1 Å². The quantitative estimate of drug-likeness (QED) is 0.268. The molecule has 0 saturated carbocycles. The zero-order valence-electron chi connectivity index (χ0n) is 23.9. The van der Waals surface area contributed by atoms with Gasteiger partial charge in [0.25, 0.3) is 5.91 Å². The van der Waals surface area contributed by atoms with Gasteiger partial charge in [-0.05, 0) is 54.1 Å². The molecule has 43 heavy (non-hydrogen) atoms. The molecule has 9 nitrogen and oxygen atoms in total. The SMILES string of the molecule is COc1ccc(-c2ccc(N3CCN(C(=O)CN(Cc4ccc(F)cc4)C(=O)c4ccccc4Cl)CC3)nn2)c(OC)c1. The lowest BCUT2D eigenvalue weighted by Gasteiger charge is -2.36. The molecule has 2 heterocycles. The van der Waals surface area contributed by atoms with Gasteiger partial charge in [-0.1, -0.05) is 35.9 Å². The number of benzene rings is 3. The average Bonchev–Trinajstić information content (AvgIpc) is 3.05. The van der Waals surface area contributed by atoms with Gasteiger partial charge in [0.05, 0.1) is 30.5 Å². The fraction of sp³-hybridized carbons (Fsp3) is 0.250. The predicted molar refractivity (Wildman–Crippen MR) is 162 cm³/mol. The summed E-state index contributed by atoms with van der Waals surface area (Å²) in [6, 6.07) is 21.9. The molecule has 0 radical (unpaired) electrons. The summed E-state index contributed by atoms with van der Waals surface area (Å²) < 4.78 is 24.2. The van der Waals surface area contributed by atoms with Gasteiger partial charge >= 0.3 is 0 Å². The zero-order chi connectivity index (χ0) is 30.3. The van der Waals surface area contributed by atoms with Crippen molar-refractivity contribution in [3.63, 3.8) is 0 Å². The lowest BCUT2D eigenvalue weighted by atomic mass is 10.1. The highest BCUT2D eigenvalue weighted by Crippen LogP contribution is 2.32. The number of anilines is 1. The minimum absolute atomic E-state index is 0.136. The lowest BCUT2D eigenvalue weighted by molar-refractivity contribution is -0.132. The van der Waals surface area contributed by atoms with Crippen LogP contribution < -0.4 is 14.4 Å². The molecule has 1 fully saturated rings. The first-order valence-corrected chi connectivity index (χ1v) is 14.1. The van der Waals surface area contributed by atoms with Crippen LogP contribution in [0, 0.1) is 5.82 Å². The summed E-state index contributed by atoms with van der Waals surface area (Å²) in [5, 5.41) is 9.14. The fourth-order valence-electron chi connectivity index (χ4n) is 4.91. The Morgan fingerprint density at radius 1 is 0.907 bits per heavy atom. The van der Waals surface area contributed by atoms with Crippen LogP contribution >= 0.6 is 11.6 Å². The van der Waals surface area contributed by atoms with Gasteiger partial charge in [0.2, 0.25) is 5.91 Å². The van der Waals surface area contributed by atoms with Gasteiger partial charge in [0, 0.05) is 44.4 Å². The second kappa shape index (κ2) is 13.5. The van der Waals surface area contributed by atoms with E-state index in [0.717, 1.165) is 5.56 Å². The third-order valence-corrected chi connectivity index (χ3v) is 7.63. The third kappa shape index (κ3) is 7.03. The van der Waals surface area contributed by atoms with Gasteiger partial charge in [-0.15, -0.1) is 10.2 Å². The molecule has 1 aliphatic rings. The Morgan fingerprint density at radius 2 is 1.65 bits per heavy atom. The Morgan fingerprint density at radius 3 is 2.30 bits per heavy atom. The summed E-state index contributed by atoms with van der Waals surface area (Å²) in [5.74, 6) is 1.09. The normalized spacial score (nSPS) is 13.0. The summed E-state index contributed by atoms with van der Waals surface area (Å²) in [6.45, 7) is 2.03. The molecule has 0 atom stereocenters. The van der Waals surface area contributed by atoms with Crippen LogP contribution in [0.4, 0.5) is 10.2 Å². The summed E-state index contributed by atoms with van der Waals surface area (Å²) in [6.07, 6.45) is 0. The zero-order valence-corrected chi connectivity index (χ0v) is 24.6. The summed E-state index contributed by atoms with van der Waals surface area (Å²) in [4.78, 5) is 32.1. The highest BCUT2D eigenvalue weighted by atomic mass is 35.5. The molecule has 0 spiro atoms. The molecule has 0 unspecified atom stereocenters. The van der Waals surface area contributed by atoms with Crippen LogP contribution in [0.15, 0.2) is 78.9 Å². The molecule has 2 amide bonds. The Labute approximate surface area is 254 Å². The molecular formula is C32H31ClFN5O4. The van der Waals surface area contributed by atoms with E-state index in [2.05, 4.69) is 15.1 Å². The number of rotatable bonds is 9. The van der Waals surface area contributed by atoms with E-state index in [1.807, 2.05) is 24.3 Å². The number of ether oxygens (including phenoxy) is 2. The number of nitrogens with zero attached hydrogens (tertiary/aromatic N) is 5. The molecule has 1 aliphatic heterocycles. The average molecular weight is 604 g/mol. The Hall–Kier alpha value is -4.70. The van der Waals surface area contributed by atoms with Crippen LogP contribution in [-0.4, -0.2) is 78.8 Å². The molecule has 0 N–H and O–H groups in total. The molecule has 0 aliphatic carbocycles. The van der Waals surface area contributed by atoms with Crippen molar-refractivity contribution in [1.82, 2.24) is 20.0 Å². The first-order valence-electron chi connectivity index (χ1n) is 13.7. The number of piperazine rings is 1. The van der Waals surface area contributed by atoms with E-state index in [1.54, 1.807) is 61.6 Å². The maximum Gasteiger partial charge on any atom is 0.256 e. The van der Waals surface area contributed by atoms with Crippen LogP contribution in [0.2, 0.25) is 5.02 Å². The third-order valence-electron chi connectivity index (χ3n) is 7.30. The Bertz CT molecular complexity index is 1580. The van der Waals surface area contributed by atoms with Crippen molar-refractivity contribution >= 4 is 29.2 Å². The number of amides is 2. The molecule has 1 saturated heterocycles. The number of methoxy groups -OCH3 is 2. The molecule has 3 aromatic carbocycles. The summed E-state index contributed by atoms with van der Waals surface area (Å²) >= 11 is 6.30. The molecule has 11 heteroatoms.